The molecule has 106 valence electrons. The fraction of sp³-hybridized carbons (Fsp3) is 0.364. The second kappa shape index (κ2) is 6.25. The van der Waals surface area contributed by atoms with Gasteiger partial charge in [-0.3, -0.25) is 4.79 Å². The number of carboxylic acid groups (broad SMARTS) is 1. The van der Waals surface area contributed by atoms with Crippen molar-refractivity contribution in [2.75, 3.05) is 19.1 Å². The van der Waals surface area contributed by atoms with Gasteiger partial charge in [-0.15, -0.1) is 11.8 Å². The highest BCUT2D eigenvalue weighted by Crippen LogP contribution is 2.35. The average molecular weight is 368 g/mol. The molecule has 0 saturated heterocycles. The van der Waals surface area contributed by atoms with E-state index in [4.69, 9.17) is 10.8 Å². The Hall–Kier alpha value is -0.570. The van der Waals surface area contributed by atoms with Crippen molar-refractivity contribution in [2.24, 2.45) is 5.73 Å². The predicted molar refractivity (Wildman–Crippen MR) is 78.5 cm³/mol. The normalized spacial score (nSPS) is 13.3. The van der Waals surface area contributed by atoms with E-state index in [1.165, 1.54) is 17.8 Å². The Bertz CT molecular complexity index is 601. The lowest BCUT2D eigenvalue weighted by Gasteiger charge is -2.15. The fourth-order valence-electron chi connectivity index (χ4n) is 1.64. The van der Waals surface area contributed by atoms with E-state index < -0.39 is 21.7 Å². The van der Waals surface area contributed by atoms with Crippen LogP contribution in [-0.4, -0.2) is 38.5 Å². The van der Waals surface area contributed by atoms with Crippen LogP contribution >= 0.6 is 27.7 Å². The standard InChI is InChI=1S/C11H14BrNO4S2/c1-18-10-8(12)3-6(7(5-13)11(14)15)4-9(10)19(2,16)17/h3-4,7H,5,13H2,1-2H3,(H,14,15). The van der Waals surface area contributed by atoms with E-state index in [1.54, 1.807) is 12.3 Å². The third kappa shape index (κ3) is 3.71. The fourth-order valence-corrected chi connectivity index (χ4v) is 4.75. The zero-order valence-corrected chi connectivity index (χ0v) is 13.6. The number of sulfone groups is 1. The van der Waals surface area contributed by atoms with Gasteiger partial charge in [-0.05, 0) is 39.9 Å². The van der Waals surface area contributed by atoms with Crippen molar-refractivity contribution in [1.29, 1.82) is 0 Å². The Morgan fingerprint density at radius 1 is 1.53 bits per heavy atom. The molecule has 19 heavy (non-hydrogen) atoms. The number of benzene rings is 1. The second-order valence-electron chi connectivity index (χ2n) is 3.93. The molecular weight excluding hydrogens is 354 g/mol. The van der Waals surface area contributed by atoms with Gasteiger partial charge in [0.05, 0.1) is 10.8 Å². The molecular formula is C11H14BrNO4S2. The molecule has 5 nitrogen and oxygen atoms in total. The van der Waals surface area contributed by atoms with Crippen molar-refractivity contribution >= 4 is 43.5 Å². The summed E-state index contributed by atoms with van der Waals surface area (Å²) in [6.07, 6.45) is 2.85. The van der Waals surface area contributed by atoms with Crippen LogP contribution in [0.2, 0.25) is 0 Å². The molecule has 0 aliphatic rings. The molecule has 0 aliphatic heterocycles. The number of halogens is 1. The third-order valence-corrected chi connectivity index (χ3v) is 5.56. The van der Waals surface area contributed by atoms with Gasteiger partial charge in [0.15, 0.2) is 9.84 Å². The van der Waals surface area contributed by atoms with Crippen LogP contribution < -0.4 is 5.73 Å². The molecule has 0 radical (unpaired) electrons. The van der Waals surface area contributed by atoms with Gasteiger partial charge in [-0.25, -0.2) is 8.42 Å². The molecule has 0 spiro atoms. The zero-order chi connectivity index (χ0) is 14.8. The summed E-state index contributed by atoms with van der Waals surface area (Å²) in [7, 11) is -3.44. The van der Waals surface area contributed by atoms with Crippen LogP contribution in [0.15, 0.2) is 26.4 Å². The molecule has 0 aliphatic carbocycles. The Balaban J connectivity index is 3.56. The highest BCUT2D eigenvalue weighted by Gasteiger charge is 2.23. The SMILES string of the molecule is CSc1c(Br)cc(C(CN)C(=O)O)cc1S(C)(=O)=O. The van der Waals surface area contributed by atoms with E-state index in [9.17, 15) is 13.2 Å². The summed E-state index contributed by atoms with van der Waals surface area (Å²) in [5.74, 6) is -2.00. The van der Waals surface area contributed by atoms with Gasteiger partial charge in [-0.1, -0.05) is 0 Å². The molecule has 1 unspecified atom stereocenters. The van der Waals surface area contributed by atoms with Gasteiger partial charge in [-0.2, -0.15) is 0 Å². The molecule has 0 aromatic heterocycles. The van der Waals surface area contributed by atoms with Crippen molar-refractivity contribution < 1.29 is 18.3 Å². The largest absolute Gasteiger partial charge is 0.481 e. The van der Waals surface area contributed by atoms with Crippen molar-refractivity contribution in [1.82, 2.24) is 0 Å². The van der Waals surface area contributed by atoms with Gasteiger partial charge >= 0.3 is 5.97 Å². The quantitative estimate of drug-likeness (QED) is 0.768. The summed E-state index contributed by atoms with van der Waals surface area (Å²) in [6, 6.07) is 2.99. The smallest absolute Gasteiger partial charge is 0.312 e. The maximum absolute atomic E-state index is 11.8. The predicted octanol–water partition coefficient (Wildman–Crippen LogP) is 1.70. The molecule has 0 heterocycles. The van der Waals surface area contributed by atoms with Gasteiger partial charge in [0.1, 0.15) is 0 Å². The number of carbonyl (C=O) groups is 1. The van der Waals surface area contributed by atoms with Crippen LogP contribution in [0.4, 0.5) is 0 Å². The van der Waals surface area contributed by atoms with Crippen molar-refractivity contribution in [3.63, 3.8) is 0 Å². The van der Waals surface area contributed by atoms with Crippen LogP contribution in [0.1, 0.15) is 11.5 Å². The summed E-state index contributed by atoms with van der Waals surface area (Å²) < 4.78 is 24.1. The van der Waals surface area contributed by atoms with Crippen LogP contribution in [0, 0.1) is 0 Å². The summed E-state index contributed by atoms with van der Waals surface area (Å²) in [5.41, 5.74) is 5.81. The van der Waals surface area contributed by atoms with Crippen LogP contribution in [0.5, 0.6) is 0 Å². The number of rotatable bonds is 5. The molecule has 1 atom stereocenters. The molecule has 3 N–H and O–H groups in total. The van der Waals surface area contributed by atoms with Crippen molar-refractivity contribution in [2.45, 2.75) is 15.7 Å². The Labute approximate surface area is 124 Å². The first-order valence-corrected chi connectivity index (χ1v) is 9.13. The number of nitrogens with two attached hydrogens (primary N) is 1. The minimum Gasteiger partial charge on any atom is -0.481 e. The van der Waals surface area contributed by atoms with E-state index in [1.807, 2.05) is 0 Å². The lowest BCUT2D eigenvalue weighted by Crippen LogP contribution is -2.21. The van der Waals surface area contributed by atoms with Gasteiger partial charge in [0.25, 0.3) is 0 Å². The minimum atomic E-state index is -3.44. The highest BCUT2D eigenvalue weighted by molar-refractivity contribution is 9.10. The molecule has 8 heteroatoms. The lowest BCUT2D eigenvalue weighted by molar-refractivity contribution is -0.138. The number of thioether (sulfide) groups is 1. The Morgan fingerprint density at radius 2 is 2.11 bits per heavy atom. The summed E-state index contributed by atoms with van der Waals surface area (Å²) in [6.45, 7) is -0.0937. The lowest BCUT2D eigenvalue weighted by atomic mass is 10.00. The summed E-state index contributed by atoms with van der Waals surface area (Å²) in [5, 5.41) is 9.09. The van der Waals surface area contributed by atoms with E-state index >= 15 is 0 Å². The van der Waals surface area contributed by atoms with Gasteiger partial charge < -0.3 is 10.8 Å². The first kappa shape index (κ1) is 16.5. The van der Waals surface area contributed by atoms with E-state index in [0.29, 0.717) is 14.9 Å². The topological polar surface area (TPSA) is 97.5 Å². The Morgan fingerprint density at radius 3 is 2.47 bits per heavy atom. The molecule has 1 aromatic carbocycles. The maximum atomic E-state index is 11.8. The minimum absolute atomic E-state index is 0.0937. The number of hydrogen-bond donors (Lipinski definition) is 2. The van der Waals surface area contributed by atoms with E-state index in [2.05, 4.69) is 15.9 Å². The van der Waals surface area contributed by atoms with Gasteiger partial charge in [0, 0.05) is 22.2 Å². The zero-order valence-electron chi connectivity index (χ0n) is 10.4. The van der Waals surface area contributed by atoms with E-state index in [0.717, 1.165) is 6.26 Å². The third-order valence-electron chi connectivity index (χ3n) is 2.57. The molecule has 1 rings (SSSR count). The average Bonchev–Trinajstić information content (AvgIpc) is 2.27. The first-order chi connectivity index (χ1) is 8.72. The number of hydrogen-bond acceptors (Lipinski definition) is 5. The molecule has 0 bridgehead atoms. The second-order valence-corrected chi connectivity index (χ2v) is 7.59. The molecule has 1 aromatic rings. The highest BCUT2D eigenvalue weighted by atomic mass is 79.9. The van der Waals surface area contributed by atoms with E-state index in [-0.39, 0.29) is 11.4 Å². The van der Waals surface area contributed by atoms with Crippen molar-refractivity contribution in [3.05, 3.63) is 22.2 Å². The van der Waals surface area contributed by atoms with Gasteiger partial charge in [0.2, 0.25) is 0 Å². The monoisotopic (exact) mass is 367 g/mol. The summed E-state index contributed by atoms with van der Waals surface area (Å²) in [4.78, 5) is 11.8. The van der Waals surface area contributed by atoms with Crippen LogP contribution in [0.25, 0.3) is 0 Å². The Kier molecular flexibility index (Phi) is 5.43. The number of carboxylic acids is 1. The summed E-state index contributed by atoms with van der Waals surface area (Å²) >= 11 is 4.56. The maximum Gasteiger partial charge on any atom is 0.312 e. The number of aliphatic carboxylic acids is 1. The molecule has 0 fully saturated rings. The van der Waals surface area contributed by atoms with Crippen molar-refractivity contribution in [3.8, 4) is 0 Å². The first-order valence-electron chi connectivity index (χ1n) is 5.22. The molecule has 0 saturated carbocycles. The van der Waals surface area contributed by atoms with Crippen LogP contribution in [0.3, 0.4) is 0 Å². The molecule has 0 amide bonds. The van der Waals surface area contributed by atoms with Crippen LogP contribution in [-0.2, 0) is 14.6 Å².